The van der Waals surface area contributed by atoms with Gasteiger partial charge in [-0.1, -0.05) is 6.07 Å². The average Bonchev–Trinajstić information content (AvgIpc) is 2.32. The fraction of sp³-hybridized carbons (Fsp3) is 0.625. The van der Waals surface area contributed by atoms with Crippen LogP contribution in [-0.4, -0.2) is 24.8 Å². The highest BCUT2D eigenvalue weighted by Crippen LogP contribution is 2.24. The normalized spacial score (nSPS) is 12.6. The van der Waals surface area contributed by atoms with Gasteiger partial charge in [0.05, 0.1) is 0 Å². The number of halogens is 3. The van der Waals surface area contributed by atoms with Crippen LogP contribution >= 0.6 is 0 Å². The topological polar surface area (TPSA) is 15.3 Å². The first-order valence-corrected chi connectivity index (χ1v) is 7.18. The second kappa shape index (κ2) is 6.69. The van der Waals surface area contributed by atoms with Gasteiger partial charge in [-0.15, -0.1) is 0 Å². The van der Waals surface area contributed by atoms with Crippen molar-refractivity contribution in [1.82, 2.24) is 5.32 Å². The number of hydrogen-bond acceptors (Lipinski definition) is 2. The molecule has 0 amide bonds. The molecule has 0 fully saturated rings. The maximum atomic E-state index is 12.6. The molecule has 0 spiro atoms. The zero-order valence-electron chi connectivity index (χ0n) is 13.4. The summed E-state index contributed by atoms with van der Waals surface area (Å²) >= 11 is 0. The Labute approximate surface area is 125 Å². The summed E-state index contributed by atoms with van der Waals surface area (Å²) in [6.07, 6.45) is -4.18. The van der Waals surface area contributed by atoms with Gasteiger partial charge in [0, 0.05) is 24.3 Å². The average molecular weight is 302 g/mol. The van der Waals surface area contributed by atoms with E-state index in [1.54, 1.807) is 13.0 Å². The van der Waals surface area contributed by atoms with E-state index in [0.29, 0.717) is 18.8 Å². The van der Waals surface area contributed by atoms with Crippen LogP contribution in [-0.2, 0) is 6.54 Å². The minimum absolute atomic E-state index is 0.0108. The van der Waals surface area contributed by atoms with Crippen LogP contribution < -0.4 is 10.2 Å². The van der Waals surface area contributed by atoms with Gasteiger partial charge < -0.3 is 10.2 Å². The Morgan fingerprint density at radius 1 is 1.14 bits per heavy atom. The fourth-order valence-corrected chi connectivity index (χ4v) is 2.04. The zero-order chi connectivity index (χ0) is 16.3. The standard InChI is InChI=1S/C16H25F3N2/c1-6-21(11-16(17,18)19)14-8-7-13(12(2)9-14)10-20-15(3,4)5/h7-9,20H,6,10-11H2,1-5H3. The third-order valence-electron chi connectivity index (χ3n) is 3.25. The third kappa shape index (κ3) is 6.38. The van der Waals surface area contributed by atoms with Crippen molar-refractivity contribution in [3.8, 4) is 0 Å². The summed E-state index contributed by atoms with van der Waals surface area (Å²) < 4.78 is 37.7. The highest BCUT2D eigenvalue weighted by atomic mass is 19.4. The van der Waals surface area contributed by atoms with Gasteiger partial charge in [-0.3, -0.25) is 0 Å². The number of hydrogen-bond donors (Lipinski definition) is 1. The lowest BCUT2D eigenvalue weighted by Crippen LogP contribution is -2.35. The molecule has 1 rings (SSSR count). The van der Waals surface area contributed by atoms with E-state index < -0.39 is 12.7 Å². The summed E-state index contributed by atoms with van der Waals surface area (Å²) in [5.41, 5.74) is 2.74. The summed E-state index contributed by atoms with van der Waals surface area (Å²) in [7, 11) is 0. The van der Waals surface area contributed by atoms with E-state index in [1.165, 1.54) is 4.90 Å². The minimum atomic E-state index is -4.18. The Balaban J connectivity index is 2.85. The molecule has 0 atom stereocenters. The lowest BCUT2D eigenvalue weighted by atomic mass is 10.0. The molecule has 0 unspecified atom stereocenters. The first kappa shape index (κ1) is 17.8. The predicted octanol–water partition coefficient (Wildman–Crippen LogP) is 4.27. The first-order valence-electron chi connectivity index (χ1n) is 7.18. The molecule has 0 aliphatic carbocycles. The molecule has 0 aliphatic rings. The van der Waals surface area contributed by atoms with Crippen molar-refractivity contribution in [3.63, 3.8) is 0 Å². The van der Waals surface area contributed by atoms with E-state index in [9.17, 15) is 13.2 Å². The van der Waals surface area contributed by atoms with Gasteiger partial charge in [0.25, 0.3) is 0 Å². The lowest BCUT2D eigenvalue weighted by Gasteiger charge is -2.26. The molecule has 120 valence electrons. The van der Waals surface area contributed by atoms with E-state index in [1.807, 2.05) is 19.1 Å². The van der Waals surface area contributed by atoms with E-state index in [4.69, 9.17) is 0 Å². The summed E-state index contributed by atoms with van der Waals surface area (Å²) in [6.45, 7) is 10.0. The number of alkyl halides is 3. The van der Waals surface area contributed by atoms with Crippen molar-refractivity contribution < 1.29 is 13.2 Å². The highest BCUT2D eigenvalue weighted by Gasteiger charge is 2.30. The van der Waals surface area contributed by atoms with Gasteiger partial charge in [-0.25, -0.2) is 0 Å². The molecular formula is C16H25F3N2. The molecule has 0 heterocycles. The molecule has 0 bridgehead atoms. The van der Waals surface area contributed by atoms with Crippen LogP contribution in [0.15, 0.2) is 18.2 Å². The van der Waals surface area contributed by atoms with E-state index >= 15 is 0 Å². The van der Waals surface area contributed by atoms with Crippen LogP contribution in [0, 0.1) is 6.92 Å². The Kier molecular flexibility index (Phi) is 5.68. The molecule has 5 heteroatoms. The largest absolute Gasteiger partial charge is 0.405 e. The van der Waals surface area contributed by atoms with E-state index in [2.05, 4.69) is 26.1 Å². The van der Waals surface area contributed by atoms with Gasteiger partial charge in [-0.2, -0.15) is 13.2 Å². The summed E-state index contributed by atoms with van der Waals surface area (Å²) in [6, 6.07) is 5.50. The molecule has 0 saturated carbocycles. The fourth-order valence-electron chi connectivity index (χ4n) is 2.04. The first-order chi connectivity index (χ1) is 9.52. The second-order valence-electron chi connectivity index (χ2n) is 6.34. The van der Waals surface area contributed by atoms with Gasteiger partial charge in [-0.05, 0) is 57.9 Å². The van der Waals surface area contributed by atoms with Crippen molar-refractivity contribution in [2.75, 3.05) is 18.0 Å². The van der Waals surface area contributed by atoms with Crippen molar-refractivity contribution in [2.45, 2.75) is 52.9 Å². The number of rotatable bonds is 5. The summed E-state index contributed by atoms with van der Waals surface area (Å²) in [4.78, 5) is 1.34. The number of nitrogens with one attached hydrogen (secondary N) is 1. The Morgan fingerprint density at radius 2 is 1.76 bits per heavy atom. The Hall–Kier alpha value is -1.23. The summed E-state index contributed by atoms with van der Waals surface area (Å²) in [5.74, 6) is 0. The molecule has 0 aliphatic heterocycles. The summed E-state index contributed by atoms with van der Waals surface area (Å²) in [5, 5.41) is 3.39. The molecule has 0 radical (unpaired) electrons. The molecular weight excluding hydrogens is 277 g/mol. The predicted molar refractivity (Wildman–Crippen MR) is 81.7 cm³/mol. The number of nitrogens with zero attached hydrogens (tertiary/aromatic N) is 1. The van der Waals surface area contributed by atoms with Crippen molar-refractivity contribution in [2.24, 2.45) is 0 Å². The van der Waals surface area contributed by atoms with Crippen LogP contribution in [0.3, 0.4) is 0 Å². The molecule has 0 aromatic heterocycles. The molecule has 2 nitrogen and oxygen atoms in total. The number of aryl methyl sites for hydroxylation is 1. The molecule has 1 N–H and O–H groups in total. The SMILES string of the molecule is CCN(CC(F)(F)F)c1ccc(CNC(C)(C)C)c(C)c1. The third-order valence-corrected chi connectivity index (χ3v) is 3.25. The number of anilines is 1. The van der Waals surface area contributed by atoms with Crippen molar-refractivity contribution in [3.05, 3.63) is 29.3 Å². The Morgan fingerprint density at radius 3 is 2.19 bits per heavy atom. The highest BCUT2D eigenvalue weighted by molar-refractivity contribution is 5.51. The van der Waals surface area contributed by atoms with E-state index in [0.717, 1.165) is 11.1 Å². The molecule has 21 heavy (non-hydrogen) atoms. The van der Waals surface area contributed by atoms with Gasteiger partial charge in [0.15, 0.2) is 0 Å². The lowest BCUT2D eigenvalue weighted by molar-refractivity contribution is -0.119. The van der Waals surface area contributed by atoms with Crippen LogP contribution in [0.4, 0.5) is 18.9 Å². The van der Waals surface area contributed by atoms with Crippen LogP contribution in [0.2, 0.25) is 0 Å². The van der Waals surface area contributed by atoms with Gasteiger partial charge in [0.1, 0.15) is 6.54 Å². The molecule has 0 saturated heterocycles. The number of benzene rings is 1. The molecule has 1 aromatic rings. The van der Waals surface area contributed by atoms with Crippen LogP contribution in [0.25, 0.3) is 0 Å². The van der Waals surface area contributed by atoms with Crippen LogP contribution in [0.1, 0.15) is 38.8 Å². The Bertz CT molecular complexity index is 462. The minimum Gasteiger partial charge on any atom is -0.363 e. The quantitative estimate of drug-likeness (QED) is 0.873. The van der Waals surface area contributed by atoms with Crippen molar-refractivity contribution in [1.29, 1.82) is 0 Å². The van der Waals surface area contributed by atoms with Crippen LogP contribution in [0.5, 0.6) is 0 Å². The molecule has 1 aromatic carbocycles. The monoisotopic (exact) mass is 302 g/mol. The smallest absolute Gasteiger partial charge is 0.363 e. The maximum Gasteiger partial charge on any atom is 0.405 e. The van der Waals surface area contributed by atoms with Gasteiger partial charge in [0.2, 0.25) is 0 Å². The van der Waals surface area contributed by atoms with E-state index in [-0.39, 0.29) is 5.54 Å². The maximum absolute atomic E-state index is 12.6. The zero-order valence-corrected chi connectivity index (χ0v) is 13.4. The second-order valence-corrected chi connectivity index (χ2v) is 6.34. The van der Waals surface area contributed by atoms with Gasteiger partial charge >= 0.3 is 6.18 Å². The van der Waals surface area contributed by atoms with Crippen molar-refractivity contribution >= 4 is 5.69 Å².